The number of fused-ring (bicyclic) bond motifs is 5. The third kappa shape index (κ3) is 6.65. The molecule has 4 aromatic rings. The average Bonchev–Trinajstić information content (AvgIpc) is 3.74. The molecule has 4 unspecified atom stereocenters. The summed E-state index contributed by atoms with van der Waals surface area (Å²) >= 11 is 0. The highest BCUT2D eigenvalue weighted by Gasteiger charge is 2.40. The van der Waals surface area contributed by atoms with Gasteiger partial charge < -0.3 is 15.5 Å². The fourth-order valence-corrected chi connectivity index (χ4v) is 8.69. The first kappa shape index (κ1) is 34.2. The zero-order valence-corrected chi connectivity index (χ0v) is 28.8. The summed E-state index contributed by atoms with van der Waals surface area (Å²) in [5.41, 5.74) is 7.95. The number of anilines is 1. The quantitative estimate of drug-likeness (QED) is 0.220. The van der Waals surface area contributed by atoms with Crippen molar-refractivity contribution >= 4 is 27.5 Å². The monoisotopic (exact) mass is 652 g/mol. The molecular formula is C40H50F2N6. The van der Waals surface area contributed by atoms with Crippen LogP contribution in [0.2, 0.25) is 0 Å². The minimum absolute atomic E-state index is 0.309. The molecule has 4 aliphatic heterocycles. The zero-order chi connectivity index (χ0) is 33.9. The van der Waals surface area contributed by atoms with E-state index in [1.54, 1.807) is 12.1 Å². The Morgan fingerprint density at radius 2 is 1.71 bits per heavy atom. The highest BCUT2D eigenvalue weighted by atomic mass is 19.1. The lowest BCUT2D eigenvalue weighted by Gasteiger charge is -2.42. The minimum atomic E-state index is -0.421. The lowest BCUT2D eigenvalue weighted by Crippen LogP contribution is -2.54. The summed E-state index contributed by atoms with van der Waals surface area (Å²) in [6.45, 7) is 12.5. The van der Waals surface area contributed by atoms with Crippen molar-refractivity contribution in [2.45, 2.75) is 83.8 Å². The standard InChI is InChI=1S/C30H33F2N5.C8H15N.C2H2/c1-3-26-34-29-23(30(35-26)36-16-20-8-9-21(17-36)37(20)13-5-12-33)11-10-22(28(29)32)24-15-18(2)14-19-6-4-7-25(31)27(19)24;1-7-5-8-3-2-4-9(8)6-7;1-2/h4,6-7,10-11,14-15,20-21H,3,5,8-9,12-13,16-17,33H2,1-2H3;7-8H,2-6H2,1H3;1-2H. The number of nitrogens with two attached hydrogens (primary N) is 1. The molecule has 6 nitrogen and oxygen atoms in total. The Balaban J connectivity index is 0.000000310. The summed E-state index contributed by atoms with van der Waals surface area (Å²) < 4.78 is 31.3. The normalized spacial score (nSPS) is 23.5. The van der Waals surface area contributed by atoms with Crippen LogP contribution < -0.4 is 10.6 Å². The average molecular weight is 653 g/mol. The van der Waals surface area contributed by atoms with Gasteiger partial charge in [0.15, 0.2) is 5.82 Å². The first-order valence-corrected chi connectivity index (χ1v) is 17.8. The highest BCUT2D eigenvalue weighted by Crippen LogP contribution is 2.39. The van der Waals surface area contributed by atoms with E-state index in [1.807, 2.05) is 38.1 Å². The number of hydrogen-bond donors (Lipinski definition) is 1. The first-order valence-electron chi connectivity index (χ1n) is 17.8. The fourth-order valence-electron chi connectivity index (χ4n) is 8.69. The van der Waals surface area contributed by atoms with Crippen molar-refractivity contribution in [3.05, 3.63) is 65.5 Å². The topological polar surface area (TPSA) is 61.5 Å². The Morgan fingerprint density at radius 3 is 2.42 bits per heavy atom. The summed E-state index contributed by atoms with van der Waals surface area (Å²) in [4.78, 5) is 17.1. The molecule has 3 aromatic carbocycles. The van der Waals surface area contributed by atoms with Gasteiger partial charge in [-0.25, -0.2) is 18.7 Å². The van der Waals surface area contributed by atoms with Crippen LogP contribution in [0.4, 0.5) is 14.6 Å². The largest absolute Gasteiger partial charge is 0.353 e. The van der Waals surface area contributed by atoms with Gasteiger partial charge in [-0.2, -0.15) is 0 Å². The van der Waals surface area contributed by atoms with E-state index in [2.05, 4.69) is 39.5 Å². The van der Waals surface area contributed by atoms with Crippen LogP contribution in [0.15, 0.2) is 42.5 Å². The zero-order valence-electron chi connectivity index (χ0n) is 28.8. The smallest absolute Gasteiger partial charge is 0.157 e. The van der Waals surface area contributed by atoms with E-state index >= 15 is 4.39 Å². The Bertz CT molecular complexity index is 1750. The first-order chi connectivity index (χ1) is 23.3. The van der Waals surface area contributed by atoms with Crippen LogP contribution in [0, 0.1) is 37.3 Å². The Hall–Kier alpha value is -3.64. The van der Waals surface area contributed by atoms with Crippen LogP contribution in [0.1, 0.15) is 63.8 Å². The number of benzene rings is 3. The van der Waals surface area contributed by atoms with Gasteiger partial charge in [0.05, 0.1) is 0 Å². The maximum atomic E-state index is 16.3. The van der Waals surface area contributed by atoms with Crippen molar-refractivity contribution < 1.29 is 8.78 Å². The molecule has 0 aliphatic carbocycles. The number of terminal acetylenes is 1. The van der Waals surface area contributed by atoms with Crippen LogP contribution >= 0.6 is 0 Å². The van der Waals surface area contributed by atoms with E-state index in [0.717, 1.165) is 54.8 Å². The van der Waals surface area contributed by atoms with E-state index < -0.39 is 5.82 Å². The van der Waals surface area contributed by atoms with E-state index in [1.165, 1.54) is 51.3 Å². The third-order valence-electron chi connectivity index (χ3n) is 10.8. The SMILES string of the molecule is C#C.CC1CC2CCCN2C1.CCc1nc(N2CC3CCC(C2)N3CCCN)c2ccc(-c3cc(C)cc4cccc(F)c34)c(F)c2n1. The van der Waals surface area contributed by atoms with Crippen LogP contribution in [-0.4, -0.2) is 77.2 Å². The van der Waals surface area contributed by atoms with Gasteiger partial charge in [-0.05, 0) is 93.1 Å². The minimum Gasteiger partial charge on any atom is -0.353 e. The summed E-state index contributed by atoms with van der Waals surface area (Å²) in [6.07, 6.45) is 16.4. The summed E-state index contributed by atoms with van der Waals surface area (Å²) in [7, 11) is 0. The van der Waals surface area contributed by atoms with Crippen molar-refractivity contribution in [3.8, 4) is 24.0 Å². The van der Waals surface area contributed by atoms with Gasteiger partial charge in [-0.3, -0.25) is 4.90 Å². The number of aromatic nitrogens is 2. The second kappa shape index (κ2) is 14.9. The highest BCUT2D eigenvalue weighted by molar-refractivity contribution is 6.01. The van der Waals surface area contributed by atoms with E-state index in [-0.39, 0.29) is 5.82 Å². The van der Waals surface area contributed by atoms with Gasteiger partial charge in [-0.1, -0.05) is 44.2 Å². The predicted octanol–water partition coefficient (Wildman–Crippen LogP) is 7.34. The van der Waals surface area contributed by atoms with Gasteiger partial charge in [0.1, 0.15) is 23.0 Å². The summed E-state index contributed by atoms with van der Waals surface area (Å²) in [5.74, 6) is 1.64. The van der Waals surface area contributed by atoms with Gasteiger partial charge in [0, 0.05) is 67.1 Å². The van der Waals surface area contributed by atoms with E-state index in [9.17, 15) is 4.39 Å². The molecule has 8 rings (SSSR count). The lowest BCUT2D eigenvalue weighted by molar-refractivity contribution is 0.168. The predicted molar refractivity (Wildman–Crippen MR) is 194 cm³/mol. The van der Waals surface area contributed by atoms with Crippen molar-refractivity contribution in [1.82, 2.24) is 19.8 Å². The fraction of sp³-hybridized carbons (Fsp3) is 0.500. The number of halogens is 2. The molecule has 4 aliphatic rings. The van der Waals surface area contributed by atoms with Gasteiger partial charge >= 0.3 is 0 Å². The molecule has 0 spiro atoms. The molecule has 4 fully saturated rings. The molecule has 4 atom stereocenters. The Kier molecular flexibility index (Phi) is 10.6. The number of piperazine rings is 1. The molecular weight excluding hydrogens is 602 g/mol. The molecule has 5 heterocycles. The molecule has 0 radical (unpaired) electrons. The van der Waals surface area contributed by atoms with Crippen molar-refractivity contribution in [1.29, 1.82) is 0 Å². The van der Waals surface area contributed by atoms with Crippen LogP contribution in [0.25, 0.3) is 32.8 Å². The van der Waals surface area contributed by atoms with Crippen LogP contribution in [-0.2, 0) is 6.42 Å². The Labute approximate surface area is 284 Å². The van der Waals surface area contributed by atoms with E-state index in [0.29, 0.717) is 58.3 Å². The molecule has 48 heavy (non-hydrogen) atoms. The van der Waals surface area contributed by atoms with E-state index in [4.69, 9.17) is 10.7 Å². The maximum Gasteiger partial charge on any atom is 0.157 e. The molecule has 0 saturated carbocycles. The number of hydrogen-bond acceptors (Lipinski definition) is 6. The van der Waals surface area contributed by atoms with Crippen molar-refractivity contribution in [3.63, 3.8) is 0 Å². The summed E-state index contributed by atoms with van der Waals surface area (Å²) in [6, 6.07) is 14.4. The van der Waals surface area contributed by atoms with Gasteiger partial charge in [-0.15, -0.1) is 12.8 Å². The van der Waals surface area contributed by atoms with Gasteiger partial charge in [0.25, 0.3) is 0 Å². The molecule has 4 saturated heterocycles. The third-order valence-corrected chi connectivity index (χ3v) is 10.8. The molecule has 2 N–H and O–H groups in total. The van der Waals surface area contributed by atoms with Gasteiger partial charge in [0.2, 0.25) is 0 Å². The number of nitrogens with zero attached hydrogens (tertiary/aromatic N) is 5. The van der Waals surface area contributed by atoms with Crippen LogP contribution in [0.3, 0.4) is 0 Å². The molecule has 254 valence electrons. The second-order valence-electron chi connectivity index (χ2n) is 14.1. The second-order valence-corrected chi connectivity index (χ2v) is 14.1. The number of rotatable bonds is 6. The molecule has 8 heteroatoms. The molecule has 1 aromatic heterocycles. The molecule has 0 amide bonds. The number of aryl methyl sites for hydroxylation is 2. The Morgan fingerprint density at radius 1 is 0.938 bits per heavy atom. The van der Waals surface area contributed by atoms with Crippen molar-refractivity contribution in [2.75, 3.05) is 44.2 Å². The molecule has 2 bridgehead atoms. The lowest BCUT2D eigenvalue weighted by atomic mass is 9.94. The summed E-state index contributed by atoms with van der Waals surface area (Å²) in [5, 5.41) is 1.90. The maximum absolute atomic E-state index is 16.3. The van der Waals surface area contributed by atoms with Crippen molar-refractivity contribution in [2.24, 2.45) is 11.7 Å². The van der Waals surface area contributed by atoms with Crippen LogP contribution in [0.5, 0.6) is 0 Å².